The van der Waals surface area contributed by atoms with Crippen molar-refractivity contribution in [2.45, 2.75) is 6.92 Å². The zero-order valence-electron chi connectivity index (χ0n) is 14.8. The lowest BCUT2D eigenvalue weighted by molar-refractivity contribution is -0.892. The molecular formula is C20H23BrN3O2+. The van der Waals surface area contributed by atoms with E-state index in [1.54, 1.807) is 6.92 Å². The Morgan fingerprint density at radius 3 is 2.42 bits per heavy atom. The highest BCUT2D eigenvalue weighted by Crippen LogP contribution is 2.16. The molecule has 0 atom stereocenters. The minimum absolute atomic E-state index is 0.0392. The minimum Gasteiger partial charge on any atom is -0.360 e. The van der Waals surface area contributed by atoms with Crippen LogP contribution in [0, 0.1) is 0 Å². The van der Waals surface area contributed by atoms with Crippen LogP contribution in [0.1, 0.15) is 17.3 Å². The number of anilines is 2. The van der Waals surface area contributed by atoms with Crippen molar-refractivity contribution in [2.24, 2.45) is 0 Å². The normalized spacial score (nSPS) is 14.9. The van der Waals surface area contributed by atoms with Gasteiger partial charge in [0.15, 0.2) is 12.3 Å². The number of quaternary nitrogens is 1. The first-order valence-electron chi connectivity index (χ1n) is 8.76. The average molecular weight is 417 g/mol. The molecule has 1 amide bonds. The first-order chi connectivity index (χ1) is 12.5. The fraction of sp³-hybridized carbons (Fsp3) is 0.300. The molecule has 0 aromatic heterocycles. The maximum Gasteiger partial charge on any atom is 0.279 e. The number of piperazine rings is 1. The molecule has 1 aliphatic rings. The highest BCUT2D eigenvalue weighted by molar-refractivity contribution is 9.10. The molecule has 1 saturated heterocycles. The monoisotopic (exact) mass is 416 g/mol. The van der Waals surface area contributed by atoms with E-state index >= 15 is 0 Å². The lowest BCUT2D eigenvalue weighted by Gasteiger charge is -2.33. The predicted octanol–water partition coefficient (Wildman–Crippen LogP) is 2.00. The van der Waals surface area contributed by atoms with Crippen LogP contribution in [0.4, 0.5) is 11.4 Å². The lowest BCUT2D eigenvalue weighted by atomic mass is 10.1. The Labute approximate surface area is 162 Å². The van der Waals surface area contributed by atoms with Crippen LogP contribution < -0.4 is 15.1 Å². The third-order valence-corrected chi connectivity index (χ3v) is 5.12. The van der Waals surface area contributed by atoms with Gasteiger partial charge in [-0.2, -0.15) is 0 Å². The van der Waals surface area contributed by atoms with E-state index in [4.69, 9.17) is 0 Å². The van der Waals surface area contributed by atoms with Crippen LogP contribution in [0.2, 0.25) is 0 Å². The van der Waals surface area contributed by atoms with E-state index in [1.165, 1.54) is 4.90 Å². The largest absolute Gasteiger partial charge is 0.360 e. The van der Waals surface area contributed by atoms with Crippen molar-refractivity contribution >= 4 is 39.0 Å². The van der Waals surface area contributed by atoms with Crippen LogP contribution in [-0.2, 0) is 4.79 Å². The summed E-state index contributed by atoms with van der Waals surface area (Å²) in [5.74, 6) is 0.125. The van der Waals surface area contributed by atoms with Crippen molar-refractivity contribution in [2.75, 3.05) is 42.9 Å². The molecule has 0 radical (unpaired) electrons. The quantitative estimate of drug-likeness (QED) is 0.732. The van der Waals surface area contributed by atoms with Gasteiger partial charge in [-0.1, -0.05) is 22.0 Å². The molecule has 2 aromatic rings. The van der Waals surface area contributed by atoms with E-state index in [9.17, 15) is 9.59 Å². The molecular weight excluding hydrogens is 394 g/mol. The van der Waals surface area contributed by atoms with Crippen LogP contribution >= 0.6 is 15.9 Å². The second-order valence-electron chi connectivity index (χ2n) is 6.58. The minimum atomic E-state index is 0.0392. The fourth-order valence-corrected chi connectivity index (χ4v) is 3.56. The molecule has 0 aliphatic carbocycles. The number of carbonyl (C=O) groups is 2. The highest BCUT2D eigenvalue weighted by atomic mass is 79.9. The van der Waals surface area contributed by atoms with E-state index in [-0.39, 0.29) is 11.7 Å². The Morgan fingerprint density at radius 2 is 1.81 bits per heavy atom. The van der Waals surface area contributed by atoms with Gasteiger partial charge in [0.05, 0.1) is 26.2 Å². The summed E-state index contributed by atoms with van der Waals surface area (Å²) in [7, 11) is 0. The second kappa shape index (κ2) is 8.47. The summed E-state index contributed by atoms with van der Waals surface area (Å²) >= 11 is 3.41. The van der Waals surface area contributed by atoms with E-state index in [0.29, 0.717) is 6.54 Å². The van der Waals surface area contributed by atoms with Crippen LogP contribution in [-0.4, -0.2) is 44.4 Å². The third-order valence-electron chi connectivity index (χ3n) is 4.63. The molecule has 26 heavy (non-hydrogen) atoms. The van der Waals surface area contributed by atoms with E-state index < -0.39 is 0 Å². The number of benzene rings is 2. The summed E-state index contributed by atoms with van der Waals surface area (Å²) in [5.41, 5.74) is 2.68. The Morgan fingerprint density at radius 1 is 1.12 bits per heavy atom. The van der Waals surface area contributed by atoms with Gasteiger partial charge >= 0.3 is 0 Å². The van der Waals surface area contributed by atoms with Gasteiger partial charge in [0.1, 0.15) is 0 Å². The smallest absolute Gasteiger partial charge is 0.279 e. The lowest BCUT2D eigenvalue weighted by Crippen LogP contribution is -3.15. The molecule has 0 spiro atoms. The zero-order valence-corrected chi connectivity index (χ0v) is 16.4. The van der Waals surface area contributed by atoms with Crippen LogP contribution in [0.5, 0.6) is 0 Å². The number of amides is 1. The molecule has 1 aliphatic heterocycles. The number of rotatable bonds is 5. The Hall–Kier alpha value is -2.18. The van der Waals surface area contributed by atoms with Gasteiger partial charge in [-0.15, -0.1) is 0 Å². The number of ketones is 1. The van der Waals surface area contributed by atoms with Crippen molar-refractivity contribution in [3.05, 3.63) is 58.6 Å². The summed E-state index contributed by atoms with van der Waals surface area (Å²) < 4.78 is 0.951. The molecule has 1 heterocycles. The number of Topliss-reactive ketones (excluding diaryl/α,β-unsaturated/α-hetero) is 1. The van der Waals surface area contributed by atoms with Crippen molar-refractivity contribution in [1.29, 1.82) is 0 Å². The number of halogens is 1. The van der Waals surface area contributed by atoms with Gasteiger partial charge < -0.3 is 15.1 Å². The van der Waals surface area contributed by atoms with Gasteiger partial charge in [-0.25, -0.2) is 0 Å². The molecule has 1 fully saturated rings. The second-order valence-corrected chi connectivity index (χ2v) is 7.49. The highest BCUT2D eigenvalue weighted by Gasteiger charge is 2.22. The molecule has 0 bridgehead atoms. The molecule has 2 aromatic carbocycles. The zero-order chi connectivity index (χ0) is 18.5. The number of carbonyl (C=O) groups excluding carboxylic acids is 2. The van der Waals surface area contributed by atoms with Crippen LogP contribution in [0.3, 0.4) is 0 Å². The van der Waals surface area contributed by atoms with Gasteiger partial charge in [0.2, 0.25) is 0 Å². The van der Waals surface area contributed by atoms with Crippen molar-refractivity contribution in [3.8, 4) is 0 Å². The first kappa shape index (κ1) is 18.6. The van der Waals surface area contributed by atoms with E-state index in [2.05, 4.69) is 26.1 Å². The van der Waals surface area contributed by atoms with E-state index in [1.807, 2.05) is 48.5 Å². The molecule has 0 unspecified atom stereocenters. The number of hydrogen-bond acceptors (Lipinski definition) is 3. The summed E-state index contributed by atoms with van der Waals surface area (Å²) in [6, 6.07) is 15.4. The number of hydrogen-bond donors (Lipinski definition) is 2. The van der Waals surface area contributed by atoms with Crippen molar-refractivity contribution in [1.82, 2.24) is 0 Å². The SMILES string of the molecule is CC(=O)c1ccc(N2CC[NH+](CC(=O)Nc3cccc(Br)c3)CC2)cc1. The first-order valence-corrected chi connectivity index (χ1v) is 9.55. The molecule has 2 N–H and O–H groups in total. The van der Waals surface area contributed by atoms with Gasteiger partial charge in [0, 0.05) is 21.4 Å². The third kappa shape index (κ3) is 4.93. The van der Waals surface area contributed by atoms with E-state index in [0.717, 1.165) is 47.6 Å². The van der Waals surface area contributed by atoms with Gasteiger partial charge in [-0.3, -0.25) is 9.59 Å². The maximum absolute atomic E-state index is 12.3. The van der Waals surface area contributed by atoms with Gasteiger partial charge in [-0.05, 0) is 49.4 Å². The topological polar surface area (TPSA) is 53.9 Å². The van der Waals surface area contributed by atoms with Crippen molar-refractivity contribution < 1.29 is 14.5 Å². The number of nitrogens with one attached hydrogen (secondary N) is 2. The van der Waals surface area contributed by atoms with Crippen molar-refractivity contribution in [3.63, 3.8) is 0 Å². The molecule has 136 valence electrons. The summed E-state index contributed by atoms with van der Waals surface area (Å²) in [6.07, 6.45) is 0. The maximum atomic E-state index is 12.3. The predicted molar refractivity (Wildman–Crippen MR) is 107 cm³/mol. The molecule has 5 nitrogen and oxygen atoms in total. The average Bonchev–Trinajstić information content (AvgIpc) is 2.62. The molecule has 6 heteroatoms. The summed E-state index contributed by atoms with van der Waals surface area (Å²) in [4.78, 5) is 27.2. The standard InChI is InChI=1S/C20H22BrN3O2/c1-15(25)16-5-7-19(8-6-16)24-11-9-23(10-12-24)14-20(26)22-18-4-2-3-17(21)13-18/h2-8,13H,9-12,14H2,1H3,(H,22,26)/p+1. The van der Waals surface area contributed by atoms with Crippen LogP contribution in [0.15, 0.2) is 53.0 Å². The molecule has 0 saturated carbocycles. The van der Waals surface area contributed by atoms with Gasteiger partial charge in [0.25, 0.3) is 5.91 Å². The Kier molecular flexibility index (Phi) is 6.06. The van der Waals surface area contributed by atoms with Crippen LogP contribution in [0.25, 0.3) is 0 Å². The summed E-state index contributed by atoms with van der Waals surface area (Å²) in [5, 5.41) is 2.95. The Bertz CT molecular complexity index is 784. The fourth-order valence-electron chi connectivity index (χ4n) is 3.16. The number of nitrogens with zero attached hydrogens (tertiary/aromatic N) is 1. The summed E-state index contributed by atoms with van der Waals surface area (Å²) in [6.45, 7) is 5.69. The molecule has 3 rings (SSSR count). The Balaban J connectivity index is 1.49.